The van der Waals surface area contributed by atoms with Gasteiger partial charge in [0.1, 0.15) is 6.54 Å². The average Bonchev–Trinajstić information content (AvgIpc) is 2.62. The number of nitrogens with zero attached hydrogens (tertiary/aromatic N) is 3. The first-order chi connectivity index (χ1) is 11.6. The quantitative estimate of drug-likeness (QED) is 0.777. The molecule has 0 bridgehead atoms. The van der Waals surface area contributed by atoms with Crippen LogP contribution in [0.5, 0.6) is 0 Å². The van der Waals surface area contributed by atoms with Crippen LogP contribution in [0.1, 0.15) is 49.0 Å². The first kappa shape index (κ1) is 16.7. The second-order valence-corrected chi connectivity index (χ2v) is 6.57. The van der Waals surface area contributed by atoms with Gasteiger partial charge in [0.05, 0.1) is 13.4 Å². The maximum Gasteiger partial charge on any atom is 0.356 e. The van der Waals surface area contributed by atoms with Crippen LogP contribution in [0.25, 0.3) is 0 Å². The van der Waals surface area contributed by atoms with E-state index in [0.29, 0.717) is 12.0 Å². The number of likely N-dealkylation sites (tertiary alicyclic amines) is 1. The fraction of sp³-hybridized carbons (Fsp3) is 0.647. The van der Waals surface area contributed by atoms with Crippen LogP contribution in [0.15, 0.2) is 17.2 Å². The summed E-state index contributed by atoms with van der Waals surface area (Å²) in [7, 11) is 1.23. The summed E-state index contributed by atoms with van der Waals surface area (Å²) in [4.78, 5) is 42.1. The molecule has 7 nitrogen and oxygen atoms in total. The van der Waals surface area contributed by atoms with E-state index in [2.05, 4.69) is 9.72 Å². The van der Waals surface area contributed by atoms with Gasteiger partial charge in [-0.15, -0.1) is 0 Å². The minimum absolute atomic E-state index is 0.0312. The van der Waals surface area contributed by atoms with Crippen LogP contribution in [0, 0.1) is 5.92 Å². The Morgan fingerprint density at radius 3 is 2.75 bits per heavy atom. The lowest BCUT2D eigenvalue weighted by molar-refractivity contribution is -0.138. The lowest BCUT2D eigenvalue weighted by atomic mass is 9.78. The largest absolute Gasteiger partial charge is 0.464 e. The van der Waals surface area contributed by atoms with E-state index in [4.69, 9.17) is 0 Å². The Hall–Kier alpha value is -2.18. The van der Waals surface area contributed by atoms with Crippen molar-refractivity contribution in [2.75, 3.05) is 13.7 Å². The zero-order valence-corrected chi connectivity index (χ0v) is 13.9. The highest BCUT2D eigenvalue weighted by Crippen LogP contribution is 2.35. The number of fused-ring (bicyclic) bond motifs is 1. The van der Waals surface area contributed by atoms with Crippen molar-refractivity contribution >= 4 is 11.9 Å². The molecule has 1 aromatic rings. The zero-order valence-electron chi connectivity index (χ0n) is 13.9. The summed E-state index contributed by atoms with van der Waals surface area (Å²) in [5.74, 6) is -0.0963. The minimum atomic E-state index is -0.661. The molecule has 0 unspecified atom stereocenters. The van der Waals surface area contributed by atoms with Gasteiger partial charge in [0.25, 0.3) is 5.56 Å². The molecule has 1 aliphatic carbocycles. The number of piperidine rings is 1. The Morgan fingerprint density at radius 2 is 2.00 bits per heavy atom. The molecular weight excluding hydrogens is 310 g/mol. The summed E-state index contributed by atoms with van der Waals surface area (Å²) in [6.07, 6.45) is 8.15. The topological polar surface area (TPSA) is 81.5 Å². The van der Waals surface area contributed by atoms with Gasteiger partial charge >= 0.3 is 5.97 Å². The summed E-state index contributed by atoms with van der Waals surface area (Å²) >= 11 is 0. The SMILES string of the molecule is COC(=O)c1cc(=O)n(CC(=O)N2CCC[C@@H]3CCCC[C@@H]32)cn1. The van der Waals surface area contributed by atoms with Crippen LogP contribution in [-0.4, -0.2) is 46.0 Å². The lowest BCUT2D eigenvalue weighted by Crippen LogP contribution is -2.51. The van der Waals surface area contributed by atoms with Crippen molar-refractivity contribution in [1.82, 2.24) is 14.5 Å². The van der Waals surface area contributed by atoms with E-state index in [1.165, 1.54) is 43.7 Å². The van der Waals surface area contributed by atoms with Gasteiger partial charge in [-0.3, -0.25) is 14.2 Å². The molecule has 0 radical (unpaired) electrons. The Bertz CT molecular complexity index is 683. The first-order valence-electron chi connectivity index (χ1n) is 8.54. The molecule has 7 heteroatoms. The van der Waals surface area contributed by atoms with Crippen molar-refractivity contribution in [2.45, 2.75) is 51.1 Å². The summed E-state index contributed by atoms with van der Waals surface area (Å²) in [5, 5.41) is 0. The molecule has 1 aromatic heterocycles. The number of carbonyl (C=O) groups excluding carboxylic acids is 2. The Balaban J connectivity index is 1.72. The number of rotatable bonds is 3. The standard InChI is InChI=1S/C17H23N3O4/c1-24-17(23)13-9-15(21)19(11-18-13)10-16(22)20-8-4-6-12-5-2-3-7-14(12)20/h9,11-12,14H,2-8,10H2,1H3/t12-,14-/m0/s1. The molecule has 0 N–H and O–H groups in total. The van der Waals surface area contributed by atoms with Crippen molar-refractivity contribution < 1.29 is 14.3 Å². The number of methoxy groups -OCH3 is 1. The summed E-state index contributed by atoms with van der Waals surface area (Å²) in [6.45, 7) is 0.735. The molecule has 0 aromatic carbocycles. The smallest absolute Gasteiger partial charge is 0.356 e. The number of amides is 1. The van der Waals surface area contributed by atoms with Gasteiger partial charge in [-0.05, 0) is 31.6 Å². The molecule has 1 saturated heterocycles. The minimum Gasteiger partial charge on any atom is -0.464 e. The highest BCUT2D eigenvalue weighted by Gasteiger charge is 2.35. The third-order valence-corrected chi connectivity index (χ3v) is 5.14. The van der Waals surface area contributed by atoms with Gasteiger partial charge in [-0.25, -0.2) is 9.78 Å². The molecule has 130 valence electrons. The predicted octanol–water partition coefficient (Wildman–Crippen LogP) is 1.21. The third-order valence-electron chi connectivity index (χ3n) is 5.14. The Labute approximate surface area is 140 Å². The molecule has 2 fully saturated rings. The molecular formula is C17H23N3O4. The number of aromatic nitrogens is 2. The maximum atomic E-state index is 12.7. The summed E-state index contributed by atoms with van der Waals surface area (Å²) in [6, 6.07) is 1.43. The van der Waals surface area contributed by atoms with Crippen molar-refractivity contribution in [3.05, 3.63) is 28.4 Å². The fourth-order valence-electron chi connectivity index (χ4n) is 3.93. The van der Waals surface area contributed by atoms with Gasteiger partial charge in [0, 0.05) is 18.7 Å². The number of esters is 1. The normalized spacial score (nSPS) is 23.5. The van der Waals surface area contributed by atoms with E-state index in [0.717, 1.165) is 25.5 Å². The van der Waals surface area contributed by atoms with Crippen LogP contribution < -0.4 is 5.56 Å². The zero-order chi connectivity index (χ0) is 17.1. The highest BCUT2D eigenvalue weighted by atomic mass is 16.5. The summed E-state index contributed by atoms with van der Waals surface area (Å²) in [5.41, 5.74) is -0.465. The molecule has 2 aliphatic rings. The lowest BCUT2D eigenvalue weighted by Gasteiger charge is -2.44. The van der Waals surface area contributed by atoms with Crippen LogP contribution >= 0.6 is 0 Å². The molecule has 0 spiro atoms. The van der Waals surface area contributed by atoms with Crippen molar-refractivity contribution in [3.8, 4) is 0 Å². The third kappa shape index (κ3) is 3.34. The summed E-state index contributed by atoms with van der Waals surface area (Å²) < 4.78 is 5.79. The van der Waals surface area contributed by atoms with E-state index in [1.54, 1.807) is 0 Å². The van der Waals surface area contributed by atoms with Gasteiger partial charge < -0.3 is 9.64 Å². The van der Waals surface area contributed by atoms with Crippen LogP contribution in [-0.2, 0) is 16.1 Å². The van der Waals surface area contributed by atoms with Crippen molar-refractivity contribution in [1.29, 1.82) is 0 Å². The number of hydrogen-bond donors (Lipinski definition) is 0. The molecule has 1 saturated carbocycles. The fourth-order valence-corrected chi connectivity index (χ4v) is 3.93. The predicted molar refractivity (Wildman–Crippen MR) is 86.5 cm³/mol. The average molecular weight is 333 g/mol. The number of ether oxygens (including phenoxy) is 1. The van der Waals surface area contributed by atoms with Crippen LogP contribution in [0.3, 0.4) is 0 Å². The van der Waals surface area contributed by atoms with Crippen molar-refractivity contribution in [2.24, 2.45) is 5.92 Å². The molecule has 2 atom stereocenters. The second-order valence-electron chi connectivity index (χ2n) is 6.57. The van der Waals surface area contributed by atoms with Gasteiger partial charge in [0.15, 0.2) is 5.69 Å². The van der Waals surface area contributed by atoms with E-state index in [9.17, 15) is 14.4 Å². The molecule has 24 heavy (non-hydrogen) atoms. The van der Waals surface area contributed by atoms with E-state index >= 15 is 0 Å². The van der Waals surface area contributed by atoms with Gasteiger partial charge in [-0.1, -0.05) is 12.8 Å². The van der Waals surface area contributed by atoms with Crippen LogP contribution in [0.2, 0.25) is 0 Å². The van der Waals surface area contributed by atoms with Gasteiger partial charge in [0.2, 0.25) is 5.91 Å². The first-order valence-corrected chi connectivity index (χ1v) is 8.54. The molecule has 2 heterocycles. The molecule has 1 amide bonds. The second kappa shape index (κ2) is 7.15. The highest BCUT2D eigenvalue weighted by molar-refractivity contribution is 5.86. The monoisotopic (exact) mass is 333 g/mol. The number of hydrogen-bond acceptors (Lipinski definition) is 5. The Morgan fingerprint density at radius 1 is 1.25 bits per heavy atom. The van der Waals surface area contributed by atoms with E-state index in [1.807, 2.05) is 4.90 Å². The molecule has 3 rings (SSSR count). The van der Waals surface area contributed by atoms with E-state index in [-0.39, 0.29) is 18.1 Å². The van der Waals surface area contributed by atoms with Gasteiger partial charge in [-0.2, -0.15) is 0 Å². The Kier molecular flexibility index (Phi) is 4.97. The molecule has 1 aliphatic heterocycles. The van der Waals surface area contributed by atoms with Crippen LogP contribution in [0.4, 0.5) is 0 Å². The number of carbonyl (C=O) groups is 2. The van der Waals surface area contributed by atoms with E-state index < -0.39 is 11.5 Å². The maximum absolute atomic E-state index is 12.7. The van der Waals surface area contributed by atoms with Crippen molar-refractivity contribution in [3.63, 3.8) is 0 Å².